The van der Waals surface area contributed by atoms with Crippen molar-refractivity contribution in [1.82, 2.24) is 14.8 Å². The van der Waals surface area contributed by atoms with Gasteiger partial charge in [-0.2, -0.15) is 0 Å². The van der Waals surface area contributed by atoms with Gasteiger partial charge in [0.05, 0.1) is 0 Å². The van der Waals surface area contributed by atoms with Crippen LogP contribution in [0.4, 0.5) is 0 Å². The lowest BCUT2D eigenvalue weighted by molar-refractivity contribution is 0.103. The van der Waals surface area contributed by atoms with Crippen molar-refractivity contribution < 1.29 is 0 Å². The Bertz CT molecular complexity index is 547. The molecule has 0 spiro atoms. The van der Waals surface area contributed by atoms with Crippen LogP contribution in [0.15, 0.2) is 29.2 Å². The number of pyridine rings is 1. The van der Waals surface area contributed by atoms with E-state index in [2.05, 4.69) is 10.2 Å². The second-order valence-electron chi connectivity index (χ2n) is 6.98. The topological polar surface area (TPSA) is 37.3 Å². The zero-order valence-corrected chi connectivity index (χ0v) is 12.6. The maximum absolute atomic E-state index is 11.8. The Labute approximate surface area is 126 Å². The molecule has 2 saturated carbocycles. The van der Waals surface area contributed by atoms with Gasteiger partial charge in [-0.15, -0.1) is 0 Å². The minimum absolute atomic E-state index is 0.120. The summed E-state index contributed by atoms with van der Waals surface area (Å²) in [6.45, 7) is 4.15. The summed E-state index contributed by atoms with van der Waals surface area (Å²) in [5.74, 6) is 1.80. The molecule has 0 radical (unpaired) electrons. The molecule has 1 N–H and O–H groups in total. The van der Waals surface area contributed by atoms with E-state index in [-0.39, 0.29) is 5.56 Å². The first-order valence-corrected chi connectivity index (χ1v) is 8.44. The molecule has 1 aromatic heterocycles. The molecule has 2 aliphatic carbocycles. The van der Waals surface area contributed by atoms with Crippen LogP contribution < -0.4 is 10.9 Å². The first kappa shape index (κ1) is 13.5. The minimum Gasteiger partial charge on any atom is -0.314 e. The summed E-state index contributed by atoms with van der Waals surface area (Å²) in [5, 5.41) is 3.78. The van der Waals surface area contributed by atoms with Crippen LogP contribution in [0.25, 0.3) is 0 Å². The molecule has 2 atom stereocenters. The smallest absolute Gasteiger partial charge is 0.250 e. The van der Waals surface area contributed by atoms with Crippen LogP contribution in [-0.4, -0.2) is 41.2 Å². The molecule has 2 heterocycles. The first-order chi connectivity index (χ1) is 10.3. The molecule has 0 aromatic carbocycles. The largest absolute Gasteiger partial charge is 0.314 e. The monoisotopic (exact) mass is 287 g/mol. The van der Waals surface area contributed by atoms with Crippen molar-refractivity contribution >= 4 is 0 Å². The van der Waals surface area contributed by atoms with E-state index in [0.29, 0.717) is 12.1 Å². The minimum atomic E-state index is 0.120. The number of piperazine rings is 1. The number of hydrogen-bond donors (Lipinski definition) is 1. The van der Waals surface area contributed by atoms with Crippen molar-refractivity contribution in [3.05, 3.63) is 34.7 Å². The van der Waals surface area contributed by atoms with E-state index in [1.807, 2.05) is 22.9 Å². The predicted octanol–water partition coefficient (Wildman–Crippen LogP) is 1.31. The van der Waals surface area contributed by atoms with Crippen LogP contribution >= 0.6 is 0 Å². The number of rotatable bonds is 5. The molecular formula is C17H25N3O. The van der Waals surface area contributed by atoms with E-state index in [0.717, 1.165) is 31.5 Å². The summed E-state index contributed by atoms with van der Waals surface area (Å²) in [7, 11) is 0. The van der Waals surface area contributed by atoms with E-state index in [1.54, 1.807) is 6.07 Å². The van der Waals surface area contributed by atoms with E-state index in [4.69, 9.17) is 0 Å². The lowest BCUT2D eigenvalue weighted by Gasteiger charge is -2.41. The molecule has 3 aliphatic rings. The van der Waals surface area contributed by atoms with Crippen molar-refractivity contribution in [2.75, 3.05) is 19.6 Å². The van der Waals surface area contributed by atoms with E-state index in [1.165, 1.54) is 32.2 Å². The van der Waals surface area contributed by atoms with Crippen LogP contribution in [0.1, 0.15) is 25.7 Å². The van der Waals surface area contributed by atoms with Crippen molar-refractivity contribution in [3.63, 3.8) is 0 Å². The molecular weight excluding hydrogens is 262 g/mol. The number of hydrogen-bond acceptors (Lipinski definition) is 3. The van der Waals surface area contributed by atoms with Crippen LogP contribution in [0, 0.1) is 11.8 Å². The van der Waals surface area contributed by atoms with Crippen molar-refractivity contribution in [3.8, 4) is 0 Å². The van der Waals surface area contributed by atoms with Crippen LogP contribution in [-0.2, 0) is 6.54 Å². The van der Waals surface area contributed by atoms with Crippen LogP contribution in [0.5, 0.6) is 0 Å². The second kappa shape index (κ2) is 5.58. The Balaban J connectivity index is 1.42. The Kier molecular flexibility index (Phi) is 3.59. The highest BCUT2D eigenvalue weighted by Crippen LogP contribution is 2.39. The van der Waals surface area contributed by atoms with Gasteiger partial charge in [0.15, 0.2) is 0 Å². The van der Waals surface area contributed by atoms with Gasteiger partial charge in [-0.25, -0.2) is 0 Å². The fourth-order valence-electron chi connectivity index (χ4n) is 3.75. The molecule has 1 aliphatic heterocycles. The fourth-order valence-corrected chi connectivity index (χ4v) is 3.75. The first-order valence-electron chi connectivity index (χ1n) is 8.44. The highest BCUT2D eigenvalue weighted by Gasteiger charge is 2.42. The third-order valence-electron chi connectivity index (χ3n) is 5.37. The molecule has 1 saturated heterocycles. The third-order valence-corrected chi connectivity index (χ3v) is 5.37. The summed E-state index contributed by atoms with van der Waals surface area (Å²) in [6, 6.07) is 6.81. The second-order valence-corrected chi connectivity index (χ2v) is 6.98. The molecule has 3 fully saturated rings. The Morgan fingerprint density at radius 3 is 2.62 bits per heavy atom. The highest BCUT2D eigenvalue weighted by molar-refractivity contribution is 4.99. The SMILES string of the molecule is O=c1ccccn1CCN1CC(C2CC2)NCC1C1CC1. The Morgan fingerprint density at radius 1 is 1.10 bits per heavy atom. The van der Waals surface area contributed by atoms with Gasteiger partial charge in [0.25, 0.3) is 5.56 Å². The Hall–Kier alpha value is -1.13. The molecule has 114 valence electrons. The summed E-state index contributed by atoms with van der Waals surface area (Å²) >= 11 is 0. The normalized spacial score (nSPS) is 30.5. The van der Waals surface area contributed by atoms with Crippen molar-refractivity contribution in [1.29, 1.82) is 0 Å². The average Bonchev–Trinajstić information content (AvgIpc) is 3.39. The standard InChI is InChI=1S/C17H25N3O/c21-17-3-1-2-8-19(17)9-10-20-12-15(13-4-5-13)18-11-16(20)14-6-7-14/h1-3,8,13-16,18H,4-7,9-12H2. The zero-order chi connectivity index (χ0) is 14.2. The van der Waals surface area contributed by atoms with Crippen LogP contribution in [0.3, 0.4) is 0 Å². The maximum Gasteiger partial charge on any atom is 0.250 e. The summed E-state index contributed by atoms with van der Waals surface area (Å²) < 4.78 is 1.85. The Morgan fingerprint density at radius 2 is 1.90 bits per heavy atom. The molecule has 0 bridgehead atoms. The van der Waals surface area contributed by atoms with E-state index < -0.39 is 0 Å². The van der Waals surface area contributed by atoms with Gasteiger partial charge >= 0.3 is 0 Å². The van der Waals surface area contributed by atoms with Crippen molar-refractivity contribution in [2.24, 2.45) is 11.8 Å². The van der Waals surface area contributed by atoms with Gasteiger partial charge in [0, 0.05) is 50.5 Å². The molecule has 21 heavy (non-hydrogen) atoms. The average molecular weight is 287 g/mol. The number of nitrogens with zero attached hydrogens (tertiary/aromatic N) is 2. The fraction of sp³-hybridized carbons (Fsp3) is 0.706. The van der Waals surface area contributed by atoms with Gasteiger partial charge in [-0.1, -0.05) is 6.07 Å². The van der Waals surface area contributed by atoms with Crippen molar-refractivity contribution in [2.45, 2.75) is 44.3 Å². The van der Waals surface area contributed by atoms with Gasteiger partial charge in [-0.05, 0) is 43.6 Å². The van der Waals surface area contributed by atoms with Gasteiger partial charge in [-0.3, -0.25) is 9.69 Å². The third kappa shape index (κ3) is 3.06. The van der Waals surface area contributed by atoms with Gasteiger partial charge in [0.1, 0.15) is 0 Å². The molecule has 4 heteroatoms. The molecule has 0 amide bonds. The van der Waals surface area contributed by atoms with Crippen LogP contribution in [0.2, 0.25) is 0 Å². The van der Waals surface area contributed by atoms with Gasteiger partial charge in [0.2, 0.25) is 0 Å². The predicted molar refractivity (Wildman–Crippen MR) is 83.3 cm³/mol. The number of nitrogens with one attached hydrogen (secondary N) is 1. The summed E-state index contributed by atoms with van der Waals surface area (Å²) in [5.41, 5.74) is 0.120. The molecule has 4 nitrogen and oxygen atoms in total. The quantitative estimate of drug-likeness (QED) is 0.887. The summed E-state index contributed by atoms with van der Waals surface area (Å²) in [6.07, 6.45) is 7.50. The van der Waals surface area contributed by atoms with Gasteiger partial charge < -0.3 is 9.88 Å². The summed E-state index contributed by atoms with van der Waals surface area (Å²) in [4.78, 5) is 14.5. The van der Waals surface area contributed by atoms with E-state index in [9.17, 15) is 4.79 Å². The van der Waals surface area contributed by atoms with E-state index >= 15 is 0 Å². The lowest BCUT2D eigenvalue weighted by atomic mass is 10.0. The molecule has 1 aromatic rings. The number of aromatic nitrogens is 1. The molecule has 2 unspecified atom stereocenters. The zero-order valence-electron chi connectivity index (χ0n) is 12.6. The lowest BCUT2D eigenvalue weighted by Crippen LogP contribution is -2.58. The molecule has 4 rings (SSSR count). The highest BCUT2D eigenvalue weighted by atomic mass is 16.1. The maximum atomic E-state index is 11.8.